The van der Waals surface area contributed by atoms with Crippen molar-refractivity contribution >= 4 is 20.0 Å². The molecule has 1 rings (SSSR count). The molecule has 0 aliphatic carbocycles. The summed E-state index contributed by atoms with van der Waals surface area (Å²) in [5.41, 5.74) is 0. The Hall–Kier alpha value is -1.17. The third-order valence-electron chi connectivity index (χ3n) is 1.94. The van der Waals surface area contributed by atoms with Crippen molar-refractivity contribution < 1.29 is 18.1 Å². The van der Waals surface area contributed by atoms with E-state index in [-0.39, 0.29) is 0 Å². The van der Waals surface area contributed by atoms with Crippen LogP contribution in [-0.4, -0.2) is 29.0 Å². The molecule has 0 bridgehead atoms. The van der Waals surface area contributed by atoms with E-state index in [9.17, 15) is 4.79 Å². The van der Waals surface area contributed by atoms with Crippen molar-refractivity contribution in [3.63, 3.8) is 0 Å². The minimum absolute atomic E-state index is 0.408. The van der Waals surface area contributed by atoms with Crippen molar-refractivity contribution in [1.29, 1.82) is 0 Å². The van der Waals surface area contributed by atoms with E-state index in [1.165, 1.54) is 21.1 Å². The van der Waals surface area contributed by atoms with Crippen molar-refractivity contribution in [2.24, 2.45) is 0 Å². The highest BCUT2D eigenvalue weighted by Gasteiger charge is 2.45. The first-order valence-electron chi connectivity index (χ1n) is 4.50. The van der Waals surface area contributed by atoms with E-state index in [4.69, 9.17) is 13.3 Å². The SMILES string of the molecule is CO[Si](OC)(OC(C)=O)c1ccccc1. The summed E-state index contributed by atoms with van der Waals surface area (Å²) in [4.78, 5) is 11.0. The second-order valence-corrected chi connectivity index (χ2v) is 5.63. The Balaban J connectivity index is 3.05. The molecule has 1 aromatic rings. The normalized spacial score (nSPS) is 11.1. The average molecular weight is 226 g/mol. The molecule has 0 aliphatic rings. The first kappa shape index (κ1) is 11.9. The Morgan fingerprint density at radius 1 is 1.13 bits per heavy atom. The van der Waals surface area contributed by atoms with Gasteiger partial charge in [-0.1, -0.05) is 30.3 Å². The number of carbonyl (C=O) groups is 1. The van der Waals surface area contributed by atoms with Crippen LogP contribution >= 0.6 is 0 Å². The summed E-state index contributed by atoms with van der Waals surface area (Å²) >= 11 is 0. The van der Waals surface area contributed by atoms with E-state index >= 15 is 0 Å². The first-order valence-corrected chi connectivity index (χ1v) is 6.22. The number of benzene rings is 1. The van der Waals surface area contributed by atoms with Crippen LogP contribution in [0.1, 0.15) is 6.92 Å². The highest BCUT2D eigenvalue weighted by atomic mass is 28.4. The Morgan fingerprint density at radius 3 is 2.07 bits per heavy atom. The van der Waals surface area contributed by atoms with Crippen LogP contribution in [0.3, 0.4) is 0 Å². The van der Waals surface area contributed by atoms with Crippen LogP contribution in [0.4, 0.5) is 0 Å². The summed E-state index contributed by atoms with van der Waals surface area (Å²) in [6, 6.07) is 9.21. The third kappa shape index (κ3) is 2.65. The molecule has 0 saturated heterocycles. The molecule has 0 aromatic heterocycles. The van der Waals surface area contributed by atoms with Crippen molar-refractivity contribution in [1.82, 2.24) is 0 Å². The highest BCUT2D eigenvalue weighted by molar-refractivity contribution is 6.76. The number of carbonyl (C=O) groups excluding carboxylic acids is 1. The predicted octanol–water partition coefficient (Wildman–Crippen LogP) is 0.688. The topological polar surface area (TPSA) is 44.8 Å². The summed E-state index contributed by atoms with van der Waals surface area (Å²) in [6.07, 6.45) is 0. The fraction of sp³-hybridized carbons (Fsp3) is 0.300. The fourth-order valence-electron chi connectivity index (χ4n) is 1.29. The predicted molar refractivity (Wildman–Crippen MR) is 57.6 cm³/mol. The quantitative estimate of drug-likeness (QED) is 0.709. The molecule has 5 heteroatoms. The summed E-state index contributed by atoms with van der Waals surface area (Å²) in [5, 5.41) is 0.769. The molecule has 0 heterocycles. The van der Waals surface area contributed by atoms with Gasteiger partial charge in [0, 0.05) is 26.3 Å². The zero-order chi connectivity index (χ0) is 11.3. The van der Waals surface area contributed by atoms with E-state index in [0.717, 1.165) is 5.19 Å². The lowest BCUT2D eigenvalue weighted by atomic mass is 10.4. The number of hydrogen-bond acceptors (Lipinski definition) is 4. The van der Waals surface area contributed by atoms with E-state index in [2.05, 4.69) is 0 Å². The Bertz CT molecular complexity index is 321. The molecular formula is C10H14O4Si. The Kier molecular flexibility index (Phi) is 4.02. The molecule has 0 amide bonds. The zero-order valence-electron chi connectivity index (χ0n) is 9.02. The summed E-state index contributed by atoms with van der Waals surface area (Å²) in [7, 11) is -0.0765. The van der Waals surface area contributed by atoms with Gasteiger partial charge in [0.15, 0.2) is 0 Å². The number of rotatable bonds is 4. The molecule has 1 aromatic carbocycles. The van der Waals surface area contributed by atoms with Crippen LogP contribution in [0.5, 0.6) is 0 Å². The van der Waals surface area contributed by atoms with Crippen molar-refractivity contribution in [3.8, 4) is 0 Å². The van der Waals surface area contributed by atoms with Crippen molar-refractivity contribution in [2.45, 2.75) is 6.92 Å². The largest absolute Gasteiger partial charge is 0.604 e. The molecule has 0 spiro atoms. The average Bonchev–Trinajstić information content (AvgIpc) is 2.27. The lowest BCUT2D eigenvalue weighted by Gasteiger charge is -2.25. The summed E-state index contributed by atoms with van der Waals surface area (Å²) < 4.78 is 15.7. The first-order chi connectivity index (χ1) is 7.14. The van der Waals surface area contributed by atoms with E-state index in [0.29, 0.717) is 0 Å². The van der Waals surface area contributed by atoms with Gasteiger partial charge in [-0.15, -0.1) is 0 Å². The van der Waals surface area contributed by atoms with E-state index in [1.54, 1.807) is 0 Å². The van der Waals surface area contributed by atoms with Crippen LogP contribution < -0.4 is 5.19 Å². The van der Waals surface area contributed by atoms with Gasteiger partial charge in [-0.3, -0.25) is 4.79 Å². The molecule has 0 fully saturated rings. The monoisotopic (exact) mass is 226 g/mol. The molecule has 4 nitrogen and oxygen atoms in total. The van der Waals surface area contributed by atoms with Gasteiger partial charge in [-0.2, -0.15) is 0 Å². The second-order valence-electron chi connectivity index (χ2n) is 2.92. The Labute approximate surface area is 90.1 Å². The maximum Gasteiger partial charge on any atom is 0.604 e. The molecule has 0 radical (unpaired) electrons. The lowest BCUT2D eigenvalue weighted by molar-refractivity contribution is -0.135. The van der Waals surface area contributed by atoms with Crippen LogP contribution in [0, 0.1) is 0 Å². The molecule has 0 N–H and O–H groups in total. The standard InChI is InChI=1S/C10H14O4Si/c1-9(11)14-15(12-2,13-3)10-7-5-4-6-8-10/h4-8H,1-3H3. The molecule has 15 heavy (non-hydrogen) atoms. The Morgan fingerprint density at radius 2 is 1.67 bits per heavy atom. The maximum atomic E-state index is 11.0. The van der Waals surface area contributed by atoms with Gasteiger partial charge in [-0.25, -0.2) is 0 Å². The minimum atomic E-state index is -3.03. The van der Waals surface area contributed by atoms with Gasteiger partial charge in [-0.05, 0) is 0 Å². The van der Waals surface area contributed by atoms with Crippen LogP contribution in [0.25, 0.3) is 0 Å². The summed E-state index contributed by atoms with van der Waals surface area (Å²) in [5.74, 6) is -0.408. The highest BCUT2D eigenvalue weighted by Crippen LogP contribution is 2.08. The maximum absolute atomic E-state index is 11.0. The lowest BCUT2D eigenvalue weighted by Crippen LogP contribution is -2.56. The van der Waals surface area contributed by atoms with Gasteiger partial charge < -0.3 is 13.3 Å². The molecule has 82 valence electrons. The fourth-order valence-corrected chi connectivity index (χ4v) is 3.19. The molecule has 0 saturated carbocycles. The van der Waals surface area contributed by atoms with Crippen molar-refractivity contribution in [2.75, 3.05) is 14.2 Å². The smallest absolute Gasteiger partial charge is 0.470 e. The van der Waals surface area contributed by atoms with Gasteiger partial charge in [0.25, 0.3) is 5.97 Å². The molecular weight excluding hydrogens is 212 g/mol. The van der Waals surface area contributed by atoms with Gasteiger partial charge in [0.2, 0.25) is 0 Å². The second kappa shape index (κ2) is 5.06. The molecule has 0 unspecified atom stereocenters. The van der Waals surface area contributed by atoms with Crippen LogP contribution in [0.2, 0.25) is 0 Å². The van der Waals surface area contributed by atoms with Crippen LogP contribution in [-0.2, 0) is 18.1 Å². The van der Waals surface area contributed by atoms with E-state index in [1.807, 2.05) is 30.3 Å². The van der Waals surface area contributed by atoms with Gasteiger partial charge >= 0.3 is 8.80 Å². The summed E-state index contributed by atoms with van der Waals surface area (Å²) in [6.45, 7) is 1.34. The van der Waals surface area contributed by atoms with Crippen molar-refractivity contribution in [3.05, 3.63) is 30.3 Å². The molecule has 0 aliphatic heterocycles. The van der Waals surface area contributed by atoms with Gasteiger partial charge in [0.05, 0.1) is 0 Å². The number of hydrogen-bond donors (Lipinski definition) is 0. The minimum Gasteiger partial charge on any atom is -0.470 e. The van der Waals surface area contributed by atoms with Gasteiger partial charge in [0.1, 0.15) is 0 Å². The van der Waals surface area contributed by atoms with Crippen LogP contribution in [0.15, 0.2) is 30.3 Å². The third-order valence-corrected chi connectivity index (χ3v) is 4.61. The molecule has 0 atom stereocenters. The van der Waals surface area contributed by atoms with E-state index < -0.39 is 14.8 Å². The zero-order valence-corrected chi connectivity index (χ0v) is 10.0.